The predicted molar refractivity (Wildman–Crippen MR) is 161 cm³/mol. The fraction of sp³-hybridized carbons (Fsp3) is 0.207. The number of carbonyl (C=O) groups is 3. The topological polar surface area (TPSA) is 79.0 Å². The molecule has 1 heterocycles. The Morgan fingerprint density at radius 1 is 1.08 bits per heavy atom. The number of halogens is 2. The Labute approximate surface area is 245 Å². The highest BCUT2D eigenvalue weighted by atomic mass is 79.9. The largest absolute Gasteiger partial charge is 0.488 e. The number of rotatable bonds is 10. The van der Waals surface area contributed by atoms with Crippen LogP contribution in [0.25, 0.3) is 6.08 Å². The lowest BCUT2D eigenvalue weighted by molar-refractivity contribution is -0.127. The quantitative estimate of drug-likeness (QED) is 0.239. The lowest BCUT2D eigenvalue weighted by Gasteiger charge is -2.22. The smallest absolute Gasteiger partial charge is 0.294 e. The molecule has 0 unspecified atom stereocenters. The highest BCUT2D eigenvalue weighted by Gasteiger charge is 2.36. The molecule has 0 bridgehead atoms. The minimum atomic E-state index is -0.532. The summed E-state index contributed by atoms with van der Waals surface area (Å²) in [6.45, 7) is 5.78. The molecular formula is C29H27BrClN3O4S. The van der Waals surface area contributed by atoms with E-state index in [1.807, 2.05) is 48.5 Å². The van der Waals surface area contributed by atoms with Crippen molar-refractivity contribution in [3.63, 3.8) is 0 Å². The van der Waals surface area contributed by atoms with E-state index in [2.05, 4.69) is 40.0 Å². The van der Waals surface area contributed by atoms with Gasteiger partial charge in [0, 0.05) is 40.6 Å². The van der Waals surface area contributed by atoms with Gasteiger partial charge in [-0.3, -0.25) is 19.3 Å². The van der Waals surface area contributed by atoms with Gasteiger partial charge in [0.1, 0.15) is 18.9 Å². The van der Waals surface area contributed by atoms with Crippen LogP contribution < -0.4 is 15.0 Å². The number of nitrogens with one attached hydrogen (secondary N) is 1. The first-order valence-electron chi connectivity index (χ1n) is 12.3. The van der Waals surface area contributed by atoms with Gasteiger partial charge in [0.25, 0.3) is 11.1 Å². The fourth-order valence-corrected chi connectivity index (χ4v) is 5.24. The third kappa shape index (κ3) is 7.23. The maximum atomic E-state index is 13.1. The van der Waals surface area contributed by atoms with Crippen LogP contribution in [0.4, 0.5) is 16.2 Å². The van der Waals surface area contributed by atoms with Crippen LogP contribution in [-0.2, 0) is 16.2 Å². The molecular weight excluding hydrogens is 602 g/mol. The van der Waals surface area contributed by atoms with Gasteiger partial charge in [-0.2, -0.15) is 0 Å². The predicted octanol–water partition coefficient (Wildman–Crippen LogP) is 7.20. The van der Waals surface area contributed by atoms with Gasteiger partial charge in [0.2, 0.25) is 5.91 Å². The van der Waals surface area contributed by atoms with Crippen molar-refractivity contribution in [1.29, 1.82) is 0 Å². The van der Waals surface area contributed by atoms with Gasteiger partial charge < -0.3 is 15.0 Å². The van der Waals surface area contributed by atoms with Gasteiger partial charge in [-0.1, -0.05) is 41.9 Å². The van der Waals surface area contributed by atoms with Gasteiger partial charge in [-0.05, 0) is 83.5 Å². The van der Waals surface area contributed by atoms with E-state index in [4.69, 9.17) is 16.3 Å². The van der Waals surface area contributed by atoms with E-state index in [0.29, 0.717) is 33.1 Å². The standard InChI is InChI=1S/C29H27BrClN3O4S/c1-3-33(4-2)22-12-10-20(25(16-22)38-18-19-8-6-5-7-9-19)14-26-28(36)34(29(37)39-26)17-27(35)32-21-11-13-23(30)24(31)15-21/h5-16H,3-4,17-18H2,1-2H3,(H,32,35)/b26-14+. The second-order valence-corrected chi connectivity index (χ2v) is 10.9. The first-order valence-corrected chi connectivity index (χ1v) is 14.3. The van der Waals surface area contributed by atoms with Gasteiger partial charge in [0.15, 0.2) is 0 Å². The molecule has 0 spiro atoms. The van der Waals surface area contributed by atoms with E-state index in [1.165, 1.54) is 0 Å². The molecule has 3 aromatic carbocycles. The number of benzene rings is 3. The number of nitrogens with zero attached hydrogens (tertiary/aromatic N) is 2. The maximum Gasteiger partial charge on any atom is 0.294 e. The highest BCUT2D eigenvalue weighted by molar-refractivity contribution is 9.10. The zero-order valence-corrected chi connectivity index (χ0v) is 24.6. The average molecular weight is 629 g/mol. The van der Waals surface area contributed by atoms with Crippen LogP contribution in [0.5, 0.6) is 5.75 Å². The van der Waals surface area contributed by atoms with Crippen LogP contribution in [0, 0.1) is 0 Å². The van der Waals surface area contributed by atoms with E-state index >= 15 is 0 Å². The van der Waals surface area contributed by atoms with Crippen molar-refractivity contribution in [2.75, 3.05) is 29.9 Å². The van der Waals surface area contributed by atoms with Crippen LogP contribution >= 0.6 is 39.3 Å². The number of imide groups is 1. The second-order valence-electron chi connectivity index (χ2n) is 8.61. The van der Waals surface area contributed by atoms with E-state index in [0.717, 1.165) is 41.0 Å². The van der Waals surface area contributed by atoms with E-state index < -0.39 is 23.6 Å². The fourth-order valence-electron chi connectivity index (χ4n) is 3.98. The Balaban J connectivity index is 1.53. The summed E-state index contributed by atoms with van der Waals surface area (Å²) in [5, 5.41) is 2.59. The molecule has 0 radical (unpaired) electrons. The molecule has 0 aliphatic carbocycles. The Hall–Kier alpha value is -3.27. The van der Waals surface area contributed by atoms with Gasteiger partial charge in [0.05, 0.1) is 9.93 Å². The minimum Gasteiger partial charge on any atom is -0.488 e. The van der Waals surface area contributed by atoms with Crippen molar-refractivity contribution in [2.24, 2.45) is 0 Å². The summed E-state index contributed by atoms with van der Waals surface area (Å²) in [6.07, 6.45) is 1.64. The summed E-state index contributed by atoms with van der Waals surface area (Å²) < 4.78 is 6.87. The number of anilines is 2. The zero-order chi connectivity index (χ0) is 27.9. The van der Waals surface area contributed by atoms with Crippen molar-refractivity contribution in [3.05, 3.63) is 92.3 Å². The molecule has 3 amide bonds. The average Bonchev–Trinajstić information content (AvgIpc) is 3.19. The molecule has 1 aliphatic rings. The normalized spacial score (nSPS) is 14.2. The monoisotopic (exact) mass is 627 g/mol. The Kier molecular flexibility index (Phi) is 9.72. The van der Waals surface area contributed by atoms with Crippen molar-refractivity contribution < 1.29 is 19.1 Å². The zero-order valence-electron chi connectivity index (χ0n) is 21.4. The van der Waals surface area contributed by atoms with Crippen LogP contribution in [-0.4, -0.2) is 41.6 Å². The molecule has 0 atom stereocenters. The SMILES string of the molecule is CCN(CC)c1ccc(/C=C2/SC(=O)N(CC(=O)Nc3ccc(Br)c(Cl)c3)C2=O)c(OCc2ccccc2)c1. The minimum absolute atomic E-state index is 0.222. The molecule has 1 saturated heterocycles. The third-order valence-electron chi connectivity index (χ3n) is 6.03. The summed E-state index contributed by atoms with van der Waals surface area (Å²) in [5.41, 5.74) is 3.14. The molecule has 7 nitrogen and oxygen atoms in total. The molecule has 0 aromatic heterocycles. The number of amides is 3. The lowest BCUT2D eigenvalue weighted by Crippen LogP contribution is -2.36. The van der Waals surface area contributed by atoms with E-state index in [9.17, 15) is 14.4 Å². The summed E-state index contributed by atoms with van der Waals surface area (Å²) in [6, 6.07) is 20.5. The van der Waals surface area contributed by atoms with Gasteiger partial charge >= 0.3 is 0 Å². The molecule has 1 aliphatic heterocycles. The molecule has 1 N–H and O–H groups in total. The van der Waals surface area contributed by atoms with Crippen LogP contribution in [0.2, 0.25) is 5.02 Å². The molecule has 10 heteroatoms. The highest BCUT2D eigenvalue weighted by Crippen LogP contribution is 2.35. The number of hydrogen-bond acceptors (Lipinski definition) is 6. The molecule has 202 valence electrons. The molecule has 0 saturated carbocycles. The van der Waals surface area contributed by atoms with Gasteiger partial charge in [-0.25, -0.2) is 0 Å². The molecule has 4 rings (SSSR count). The summed E-state index contributed by atoms with van der Waals surface area (Å²) in [7, 11) is 0. The number of carbonyl (C=O) groups excluding carboxylic acids is 3. The lowest BCUT2D eigenvalue weighted by atomic mass is 10.1. The van der Waals surface area contributed by atoms with E-state index in [-0.39, 0.29) is 4.91 Å². The summed E-state index contributed by atoms with van der Waals surface area (Å²) in [5.74, 6) is -0.442. The van der Waals surface area contributed by atoms with Crippen LogP contribution in [0.15, 0.2) is 76.1 Å². The third-order valence-corrected chi connectivity index (χ3v) is 8.17. The first-order chi connectivity index (χ1) is 18.8. The summed E-state index contributed by atoms with van der Waals surface area (Å²) in [4.78, 5) is 41.7. The van der Waals surface area contributed by atoms with Crippen LogP contribution in [0.1, 0.15) is 25.0 Å². The summed E-state index contributed by atoms with van der Waals surface area (Å²) >= 11 is 10.2. The maximum absolute atomic E-state index is 13.1. The second kappa shape index (κ2) is 13.2. The molecule has 3 aromatic rings. The first kappa shape index (κ1) is 28.7. The molecule has 39 heavy (non-hydrogen) atoms. The van der Waals surface area contributed by atoms with Crippen molar-refractivity contribution >= 4 is 73.8 Å². The number of thioether (sulfide) groups is 1. The van der Waals surface area contributed by atoms with Crippen molar-refractivity contribution in [2.45, 2.75) is 20.5 Å². The number of hydrogen-bond donors (Lipinski definition) is 1. The number of ether oxygens (including phenoxy) is 1. The van der Waals surface area contributed by atoms with E-state index in [1.54, 1.807) is 24.3 Å². The van der Waals surface area contributed by atoms with Crippen molar-refractivity contribution in [1.82, 2.24) is 4.90 Å². The Bertz CT molecular complexity index is 1410. The Morgan fingerprint density at radius 2 is 1.82 bits per heavy atom. The van der Waals surface area contributed by atoms with Crippen LogP contribution in [0.3, 0.4) is 0 Å². The van der Waals surface area contributed by atoms with Gasteiger partial charge in [-0.15, -0.1) is 0 Å². The molecule has 1 fully saturated rings. The Morgan fingerprint density at radius 3 is 2.51 bits per heavy atom. The van der Waals surface area contributed by atoms with Crippen molar-refractivity contribution in [3.8, 4) is 5.75 Å².